The highest BCUT2D eigenvalue weighted by Crippen LogP contribution is 2.34. The summed E-state index contributed by atoms with van der Waals surface area (Å²) < 4.78 is 12.4. The highest BCUT2D eigenvalue weighted by Gasteiger charge is 2.41. The average molecular weight is 435 g/mol. The molecule has 1 aromatic carbocycles. The molecular formula is C19H19BrN2O3S. The van der Waals surface area contributed by atoms with Crippen LogP contribution < -0.4 is 0 Å². The molecule has 0 saturated carbocycles. The van der Waals surface area contributed by atoms with Gasteiger partial charge in [-0.3, -0.25) is 4.79 Å². The van der Waals surface area contributed by atoms with Crippen LogP contribution in [0.2, 0.25) is 0 Å². The predicted molar refractivity (Wildman–Crippen MR) is 102 cm³/mol. The number of piperidine rings is 1. The van der Waals surface area contributed by atoms with Crippen LogP contribution in [0.15, 0.2) is 57.0 Å². The lowest BCUT2D eigenvalue weighted by molar-refractivity contribution is -0.181. The summed E-state index contributed by atoms with van der Waals surface area (Å²) in [7, 11) is 0. The van der Waals surface area contributed by atoms with E-state index >= 15 is 0 Å². The summed E-state index contributed by atoms with van der Waals surface area (Å²) in [4.78, 5) is 20.3. The maximum absolute atomic E-state index is 13.1. The fourth-order valence-electron chi connectivity index (χ4n) is 3.27. The summed E-state index contributed by atoms with van der Waals surface area (Å²) in [6.45, 7) is 2.59. The zero-order valence-corrected chi connectivity index (χ0v) is 16.6. The standard InChI is InChI=1S/C19H19BrN2O3S/c20-14-5-6-17(21-13-14)26-16-4-2-1-3-15(16)18(23)22-9-7-19(8-10-22)24-11-12-25-19/h1-6,13H,7-12H2. The lowest BCUT2D eigenvalue weighted by Gasteiger charge is -2.37. The Morgan fingerprint density at radius 2 is 1.85 bits per heavy atom. The Labute approximate surface area is 165 Å². The molecule has 5 nitrogen and oxygen atoms in total. The monoisotopic (exact) mass is 434 g/mol. The number of amides is 1. The Bertz CT molecular complexity index is 784. The van der Waals surface area contributed by atoms with Crippen molar-refractivity contribution in [2.24, 2.45) is 0 Å². The van der Waals surface area contributed by atoms with E-state index in [1.165, 1.54) is 11.8 Å². The van der Waals surface area contributed by atoms with Gasteiger partial charge in [0.2, 0.25) is 0 Å². The Morgan fingerprint density at radius 1 is 1.12 bits per heavy atom. The molecule has 3 heterocycles. The number of ether oxygens (including phenoxy) is 2. The van der Waals surface area contributed by atoms with Crippen molar-refractivity contribution >= 4 is 33.6 Å². The molecule has 0 aliphatic carbocycles. The zero-order chi connectivity index (χ0) is 18.0. The summed E-state index contributed by atoms with van der Waals surface area (Å²) in [5.41, 5.74) is 0.714. The molecule has 1 aromatic heterocycles. The molecule has 26 heavy (non-hydrogen) atoms. The minimum atomic E-state index is -0.466. The van der Waals surface area contributed by atoms with Crippen LogP contribution in [0.25, 0.3) is 0 Å². The number of halogens is 1. The van der Waals surface area contributed by atoms with E-state index in [1.807, 2.05) is 41.3 Å². The van der Waals surface area contributed by atoms with E-state index in [4.69, 9.17) is 9.47 Å². The van der Waals surface area contributed by atoms with Gasteiger partial charge >= 0.3 is 0 Å². The van der Waals surface area contributed by atoms with Gasteiger partial charge < -0.3 is 14.4 Å². The number of nitrogens with zero attached hydrogens (tertiary/aromatic N) is 2. The first kappa shape index (κ1) is 18.0. The lowest BCUT2D eigenvalue weighted by Crippen LogP contribution is -2.47. The molecule has 0 bridgehead atoms. The van der Waals surface area contributed by atoms with E-state index in [9.17, 15) is 4.79 Å². The van der Waals surface area contributed by atoms with Crippen LogP contribution >= 0.6 is 27.7 Å². The van der Waals surface area contributed by atoms with Crippen LogP contribution in [0.5, 0.6) is 0 Å². The Hall–Kier alpha value is -1.41. The van der Waals surface area contributed by atoms with Crippen molar-refractivity contribution < 1.29 is 14.3 Å². The van der Waals surface area contributed by atoms with Gasteiger partial charge in [0.25, 0.3) is 5.91 Å². The molecule has 2 aromatic rings. The summed E-state index contributed by atoms with van der Waals surface area (Å²) >= 11 is 4.90. The zero-order valence-electron chi connectivity index (χ0n) is 14.2. The van der Waals surface area contributed by atoms with Crippen molar-refractivity contribution in [3.63, 3.8) is 0 Å². The van der Waals surface area contributed by atoms with Gasteiger partial charge in [0.1, 0.15) is 5.03 Å². The van der Waals surface area contributed by atoms with Crippen molar-refractivity contribution in [1.29, 1.82) is 0 Å². The summed E-state index contributed by atoms with van der Waals surface area (Å²) in [6.07, 6.45) is 3.21. The Morgan fingerprint density at radius 3 is 2.54 bits per heavy atom. The van der Waals surface area contributed by atoms with Crippen molar-refractivity contribution in [2.75, 3.05) is 26.3 Å². The second kappa shape index (κ2) is 7.68. The SMILES string of the molecule is O=C(c1ccccc1Sc1ccc(Br)cn1)N1CCC2(CC1)OCCO2. The van der Waals surface area contributed by atoms with Gasteiger partial charge in [-0.2, -0.15) is 0 Å². The number of rotatable bonds is 3. The molecule has 7 heteroatoms. The first-order valence-corrected chi connectivity index (χ1v) is 10.2. The summed E-state index contributed by atoms with van der Waals surface area (Å²) in [5.74, 6) is -0.412. The topological polar surface area (TPSA) is 51.7 Å². The maximum atomic E-state index is 13.1. The minimum absolute atomic E-state index is 0.0538. The molecular weight excluding hydrogens is 416 g/mol. The van der Waals surface area contributed by atoms with Gasteiger partial charge in [-0.1, -0.05) is 23.9 Å². The second-order valence-electron chi connectivity index (χ2n) is 6.31. The van der Waals surface area contributed by atoms with E-state index in [-0.39, 0.29) is 5.91 Å². The molecule has 1 amide bonds. The number of carbonyl (C=O) groups excluding carboxylic acids is 1. The first-order chi connectivity index (χ1) is 12.7. The van der Waals surface area contributed by atoms with Crippen molar-refractivity contribution in [3.8, 4) is 0 Å². The average Bonchev–Trinajstić information content (AvgIpc) is 3.12. The molecule has 136 valence electrons. The van der Waals surface area contributed by atoms with E-state index < -0.39 is 5.79 Å². The number of carbonyl (C=O) groups is 1. The summed E-state index contributed by atoms with van der Waals surface area (Å²) in [6, 6.07) is 11.6. The molecule has 0 unspecified atom stereocenters. The third-order valence-electron chi connectivity index (χ3n) is 4.66. The van der Waals surface area contributed by atoms with E-state index in [1.54, 1.807) is 6.20 Å². The first-order valence-electron chi connectivity index (χ1n) is 8.61. The number of hydrogen-bond donors (Lipinski definition) is 0. The predicted octanol–water partition coefficient (Wildman–Crippen LogP) is 3.97. The number of likely N-dealkylation sites (tertiary alicyclic amines) is 1. The van der Waals surface area contributed by atoms with Crippen molar-refractivity contribution in [1.82, 2.24) is 9.88 Å². The van der Waals surface area contributed by atoms with E-state index in [0.29, 0.717) is 31.9 Å². The summed E-state index contributed by atoms with van der Waals surface area (Å²) in [5, 5.41) is 0.860. The largest absolute Gasteiger partial charge is 0.347 e. The second-order valence-corrected chi connectivity index (χ2v) is 8.29. The minimum Gasteiger partial charge on any atom is -0.347 e. The molecule has 0 radical (unpaired) electrons. The van der Waals surface area contributed by atoms with Gasteiger partial charge in [-0.25, -0.2) is 4.98 Å². The van der Waals surface area contributed by atoms with Crippen LogP contribution in [0, 0.1) is 0 Å². The molecule has 2 aliphatic rings. The van der Waals surface area contributed by atoms with Crippen LogP contribution in [-0.4, -0.2) is 47.9 Å². The third kappa shape index (κ3) is 3.81. The smallest absolute Gasteiger partial charge is 0.255 e. The molecule has 4 rings (SSSR count). The Balaban J connectivity index is 1.49. The Kier molecular flexibility index (Phi) is 5.31. The van der Waals surface area contributed by atoms with Gasteiger partial charge in [-0.05, 0) is 40.2 Å². The molecule has 0 atom stereocenters. The van der Waals surface area contributed by atoms with Gasteiger partial charge in [0.05, 0.1) is 18.8 Å². The molecule has 2 aliphatic heterocycles. The van der Waals surface area contributed by atoms with Crippen molar-refractivity contribution in [3.05, 3.63) is 52.6 Å². The van der Waals surface area contributed by atoms with Gasteiger partial charge in [0.15, 0.2) is 5.79 Å². The molecule has 0 N–H and O–H groups in total. The van der Waals surface area contributed by atoms with Gasteiger partial charge in [0, 0.05) is 41.5 Å². The number of pyridine rings is 1. The normalized spacial score (nSPS) is 19.0. The molecule has 1 spiro atoms. The van der Waals surface area contributed by atoms with E-state index in [0.717, 1.165) is 27.2 Å². The highest BCUT2D eigenvalue weighted by atomic mass is 79.9. The van der Waals surface area contributed by atoms with Crippen LogP contribution in [0.1, 0.15) is 23.2 Å². The fourth-order valence-corrected chi connectivity index (χ4v) is 4.39. The molecule has 2 saturated heterocycles. The number of hydrogen-bond acceptors (Lipinski definition) is 5. The quantitative estimate of drug-likeness (QED) is 0.730. The number of aromatic nitrogens is 1. The molecule has 2 fully saturated rings. The lowest BCUT2D eigenvalue weighted by atomic mass is 10.0. The maximum Gasteiger partial charge on any atom is 0.255 e. The van der Waals surface area contributed by atoms with Gasteiger partial charge in [-0.15, -0.1) is 0 Å². The van der Waals surface area contributed by atoms with Crippen LogP contribution in [-0.2, 0) is 9.47 Å². The van der Waals surface area contributed by atoms with Crippen LogP contribution in [0.3, 0.4) is 0 Å². The fraction of sp³-hybridized carbons (Fsp3) is 0.368. The number of benzene rings is 1. The van der Waals surface area contributed by atoms with Crippen LogP contribution in [0.4, 0.5) is 0 Å². The highest BCUT2D eigenvalue weighted by molar-refractivity contribution is 9.10. The third-order valence-corrected chi connectivity index (χ3v) is 6.15. The van der Waals surface area contributed by atoms with Crippen molar-refractivity contribution in [2.45, 2.75) is 28.6 Å². The van der Waals surface area contributed by atoms with E-state index in [2.05, 4.69) is 20.9 Å².